The quantitative estimate of drug-likeness (QED) is 0.910. The van der Waals surface area contributed by atoms with E-state index in [-0.39, 0.29) is 11.9 Å². The molecule has 3 saturated heterocycles. The monoisotopic (exact) mass is 350 g/mol. The number of amides is 1. The van der Waals surface area contributed by atoms with E-state index in [0.717, 1.165) is 50.4 Å². The molecule has 5 rings (SSSR count). The third-order valence-corrected chi connectivity index (χ3v) is 5.48. The van der Waals surface area contributed by atoms with Crippen LogP contribution in [-0.2, 0) is 6.54 Å². The van der Waals surface area contributed by atoms with Gasteiger partial charge >= 0.3 is 0 Å². The Morgan fingerprint density at radius 2 is 2.19 bits per heavy atom. The fourth-order valence-electron chi connectivity index (χ4n) is 4.07. The summed E-state index contributed by atoms with van der Waals surface area (Å²) in [5.74, 6) is 0.512. The zero-order valence-corrected chi connectivity index (χ0v) is 14.9. The molecule has 134 valence electrons. The lowest BCUT2D eigenvalue weighted by atomic mass is 9.94. The lowest BCUT2D eigenvalue weighted by Crippen LogP contribution is -2.47. The summed E-state index contributed by atoms with van der Waals surface area (Å²) in [5.41, 5.74) is 3.09. The molecule has 2 bridgehead atoms. The van der Waals surface area contributed by atoms with E-state index in [2.05, 4.69) is 19.9 Å². The maximum absolute atomic E-state index is 13.0. The van der Waals surface area contributed by atoms with Crippen LogP contribution in [0.4, 0.5) is 0 Å². The number of carbonyl (C=O) groups is 1. The van der Waals surface area contributed by atoms with Gasteiger partial charge in [0.2, 0.25) is 0 Å². The number of H-pyrrole nitrogens is 1. The average molecular weight is 350 g/mol. The van der Waals surface area contributed by atoms with E-state index in [0.29, 0.717) is 17.2 Å². The molecule has 0 aliphatic carbocycles. The van der Waals surface area contributed by atoms with Crippen molar-refractivity contribution in [1.82, 2.24) is 24.8 Å². The molecule has 2 atom stereocenters. The predicted molar refractivity (Wildman–Crippen MR) is 95.1 cm³/mol. The number of aromatic nitrogens is 3. The Labute approximate surface area is 152 Å². The second-order valence-corrected chi connectivity index (χ2v) is 7.27. The first-order chi connectivity index (χ1) is 12.6. The minimum atomic E-state index is 0.0227. The van der Waals surface area contributed by atoms with Crippen LogP contribution >= 0.6 is 0 Å². The molecule has 2 aromatic heterocycles. The molecular weight excluding hydrogens is 328 g/mol. The Bertz CT molecular complexity index is 836. The number of hydrogen-bond donors (Lipinski definition) is 1. The van der Waals surface area contributed by atoms with Crippen molar-refractivity contribution in [2.45, 2.75) is 32.4 Å². The number of hydrogen-bond acceptors (Lipinski definition) is 5. The summed E-state index contributed by atoms with van der Waals surface area (Å²) in [7, 11) is 0. The summed E-state index contributed by atoms with van der Waals surface area (Å²) >= 11 is 0. The minimum absolute atomic E-state index is 0.0227. The largest absolute Gasteiger partial charge is 0.348 e. The average Bonchev–Trinajstić information content (AvgIpc) is 2.88. The van der Waals surface area contributed by atoms with E-state index in [9.17, 15) is 4.79 Å². The van der Waals surface area contributed by atoms with Crippen LogP contribution < -0.4 is 0 Å². The van der Waals surface area contributed by atoms with Crippen LogP contribution in [0.3, 0.4) is 0 Å². The number of carbonyl (C=O) groups excluding carboxylic acids is 1. The molecule has 0 spiro atoms. The van der Waals surface area contributed by atoms with Gasteiger partial charge in [0.25, 0.3) is 5.91 Å². The van der Waals surface area contributed by atoms with Crippen molar-refractivity contribution < 1.29 is 4.79 Å². The number of aromatic amines is 1. The van der Waals surface area contributed by atoms with Gasteiger partial charge in [0.05, 0.1) is 17.6 Å². The summed E-state index contributed by atoms with van der Waals surface area (Å²) in [6, 6.07) is 5.52. The van der Waals surface area contributed by atoms with Gasteiger partial charge in [-0.25, -0.2) is 9.97 Å². The van der Waals surface area contributed by atoms with Gasteiger partial charge in [0.1, 0.15) is 11.8 Å². The van der Waals surface area contributed by atoms with Crippen molar-refractivity contribution in [3.05, 3.63) is 47.3 Å². The zero-order chi connectivity index (χ0) is 18.1. The molecule has 3 fully saturated rings. The van der Waals surface area contributed by atoms with Crippen molar-refractivity contribution in [2.75, 3.05) is 19.6 Å². The predicted octanol–water partition coefficient (Wildman–Crippen LogP) is 1.72. The number of rotatable bonds is 3. The van der Waals surface area contributed by atoms with Gasteiger partial charge in [-0.1, -0.05) is 0 Å². The summed E-state index contributed by atoms with van der Waals surface area (Å²) < 4.78 is 0. The van der Waals surface area contributed by atoms with Gasteiger partial charge < -0.3 is 9.88 Å². The van der Waals surface area contributed by atoms with Crippen LogP contribution in [0.1, 0.15) is 40.3 Å². The topological polar surface area (TPSA) is 88.9 Å². The van der Waals surface area contributed by atoms with Crippen LogP contribution in [0.2, 0.25) is 0 Å². The van der Waals surface area contributed by atoms with Crippen LogP contribution in [0, 0.1) is 24.2 Å². The fourth-order valence-corrected chi connectivity index (χ4v) is 4.07. The minimum Gasteiger partial charge on any atom is -0.348 e. The van der Waals surface area contributed by atoms with Crippen molar-refractivity contribution >= 4 is 5.91 Å². The summed E-state index contributed by atoms with van der Waals surface area (Å²) in [5, 5.41) is 8.87. The van der Waals surface area contributed by atoms with Gasteiger partial charge in [-0.05, 0) is 37.8 Å². The highest BCUT2D eigenvalue weighted by atomic mass is 16.2. The first kappa shape index (κ1) is 16.7. The van der Waals surface area contributed by atoms with Gasteiger partial charge in [-0.15, -0.1) is 0 Å². The number of nitrogens with zero attached hydrogens (tertiary/aromatic N) is 5. The first-order valence-electron chi connectivity index (χ1n) is 9.02. The van der Waals surface area contributed by atoms with E-state index in [1.54, 1.807) is 18.5 Å². The zero-order valence-electron chi connectivity index (χ0n) is 14.9. The molecule has 7 nitrogen and oxygen atoms in total. The number of pyridine rings is 1. The van der Waals surface area contributed by atoms with Crippen LogP contribution in [0.15, 0.2) is 24.7 Å². The smallest absolute Gasteiger partial charge is 0.255 e. The van der Waals surface area contributed by atoms with Gasteiger partial charge in [-0.3, -0.25) is 9.69 Å². The molecule has 3 aliphatic heterocycles. The second-order valence-electron chi connectivity index (χ2n) is 7.27. The highest BCUT2D eigenvalue weighted by Crippen LogP contribution is 2.30. The summed E-state index contributed by atoms with van der Waals surface area (Å²) in [6.07, 6.45) is 5.46. The molecule has 26 heavy (non-hydrogen) atoms. The SMILES string of the molecule is Cc1[nH]cnc1CN1C[C@@H]2CC[C@H](C1)N(C(=O)c1ccc(C#N)nc1)C2. The lowest BCUT2D eigenvalue weighted by Gasteiger charge is -2.36. The molecule has 3 aliphatic rings. The Kier molecular flexibility index (Phi) is 4.43. The standard InChI is InChI=1S/C19H22N6O/c1-13-18(23-12-22-13)11-24-8-14-2-5-17(10-24)25(9-14)19(26)15-3-4-16(6-20)21-7-15/h3-4,7,12,14,17H,2,5,8-11H2,1H3,(H,22,23)/t14-,17+/m0/s1. The van der Waals surface area contributed by atoms with E-state index in [1.807, 2.05) is 17.9 Å². The molecule has 1 N–H and O–H groups in total. The van der Waals surface area contributed by atoms with Crippen LogP contribution in [0.5, 0.6) is 0 Å². The van der Waals surface area contributed by atoms with Gasteiger partial charge in [-0.2, -0.15) is 5.26 Å². The highest BCUT2D eigenvalue weighted by Gasteiger charge is 2.37. The summed E-state index contributed by atoms with van der Waals surface area (Å²) in [4.78, 5) is 29.0. The number of imidazole rings is 1. The van der Waals surface area contributed by atoms with Crippen molar-refractivity contribution in [1.29, 1.82) is 5.26 Å². The van der Waals surface area contributed by atoms with Crippen LogP contribution in [0.25, 0.3) is 0 Å². The molecule has 2 aromatic rings. The third kappa shape index (κ3) is 3.20. The van der Waals surface area contributed by atoms with Gasteiger partial charge in [0.15, 0.2) is 0 Å². The summed E-state index contributed by atoms with van der Waals surface area (Å²) in [6.45, 7) is 5.53. The molecule has 0 unspecified atom stereocenters. The third-order valence-electron chi connectivity index (χ3n) is 5.48. The number of nitrogens with one attached hydrogen (secondary N) is 1. The molecule has 5 heterocycles. The number of fused-ring (bicyclic) bond motifs is 4. The van der Waals surface area contributed by atoms with Gasteiger partial charge in [0, 0.05) is 44.1 Å². The van der Waals surface area contributed by atoms with Crippen molar-refractivity contribution in [3.8, 4) is 6.07 Å². The van der Waals surface area contributed by atoms with E-state index in [1.165, 1.54) is 6.20 Å². The second kappa shape index (κ2) is 6.89. The molecule has 0 saturated carbocycles. The Morgan fingerprint density at radius 1 is 1.31 bits per heavy atom. The molecule has 0 aromatic carbocycles. The molecule has 7 heteroatoms. The maximum atomic E-state index is 13.0. The normalized spacial score (nSPS) is 22.8. The van der Waals surface area contributed by atoms with E-state index < -0.39 is 0 Å². The maximum Gasteiger partial charge on any atom is 0.255 e. The highest BCUT2D eigenvalue weighted by molar-refractivity contribution is 5.94. The van der Waals surface area contributed by atoms with Crippen molar-refractivity contribution in [2.24, 2.45) is 5.92 Å². The number of aryl methyl sites for hydroxylation is 1. The molecule has 1 amide bonds. The fraction of sp³-hybridized carbons (Fsp3) is 0.474. The number of nitriles is 1. The van der Waals surface area contributed by atoms with E-state index in [4.69, 9.17) is 5.26 Å². The molecule has 0 radical (unpaired) electrons. The van der Waals surface area contributed by atoms with E-state index >= 15 is 0 Å². The Hall–Kier alpha value is -2.72. The lowest BCUT2D eigenvalue weighted by molar-refractivity contribution is 0.0584. The first-order valence-corrected chi connectivity index (χ1v) is 9.02. The number of piperidine rings is 1. The Balaban J connectivity index is 1.50. The Morgan fingerprint density at radius 3 is 2.88 bits per heavy atom. The van der Waals surface area contributed by atoms with Crippen molar-refractivity contribution in [3.63, 3.8) is 0 Å². The van der Waals surface area contributed by atoms with Crippen LogP contribution in [-0.4, -0.2) is 56.3 Å². The molecular formula is C19H22N6O.